The Labute approximate surface area is 155 Å². The average Bonchev–Trinajstić information content (AvgIpc) is 3.17. The molecule has 8 heteroatoms. The smallest absolute Gasteiger partial charge is 0.385 e. The predicted octanol–water partition coefficient (Wildman–Crippen LogP) is 4.22. The molecule has 144 valence electrons. The average molecular weight is 379 g/mol. The van der Waals surface area contributed by atoms with Gasteiger partial charge in [0.1, 0.15) is 6.26 Å². The standard InChI is InChI=1S/C19H20F3N3O2/c1-2-25(15-6-5-13(10-23)17(8-15)19(20,21)22)16-4-3-7-18(26,9-16)14-11-24-27-12-14/h5-6,8,11-12,16,26H,2-4,7,9H2,1H3. The van der Waals surface area contributed by atoms with E-state index in [0.717, 1.165) is 18.9 Å². The van der Waals surface area contributed by atoms with Gasteiger partial charge < -0.3 is 14.5 Å². The molecule has 0 radical (unpaired) electrons. The lowest BCUT2D eigenvalue weighted by atomic mass is 9.77. The Hall–Kier alpha value is -2.53. The van der Waals surface area contributed by atoms with Crippen LogP contribution in [0.2, 0.25) is 0 Å². The van der Waals surface area contributed by atoms with Crippen molar-refractivity contribution in [1.82, 2.24) is 5.16 Å². The molecule has 0 saturated heterocycles. The van der Waals surface area contributed by atoms with E-state index in [-0.39, 0.29) is 6.04 Å². The molecule has 1 N–H and O–H groups in total. The zero-order valence-electron chi connectivity index (χ0n) is 14.8. The third kappa shape index (κ3) is 3.78. The van der Waals surface area contributed by atoms with Crippen molar-refractivity contribution in [2.45, 2.75) is 50.4 Å². The molecule has 1 aromatic heterocycles. The van der Waals surface area contributed by atoms with Crippen molar-refractivity contribution in [2.75, 3.05) is 11.4 Å². The zero-order valence-corrected chi connectivity index (χ0v) is 14.8. The molecular formula is C19H20F3N3O2. The highest BCUT2D eigenvalue weighted by Gasteiger charge is 2.40. The molecule has 0 bridgehead atoms. The molecule has 5 nitrogen and oxygen atoms in total. The van der Waals surface area contributed by atoms with Crippen LogP contribution in [0.1, 0.15) is 49.3 Å². The number of alkyl halides is 3. The zero-order chi connectivity index (χ0) is 19.7. The van der Waals surface area contributed by atoms with Gasteiger partial charge in [0.25, 0.3) is 0 Å². The number of rotatable bonds is 4. The summed E-state index contributed by atoms with van der Waals surface area (Å²) < 4.78 is 44.8. The highest BCUT2D eigenvalue weighted by Crippen LogP contribution is 2.41. The summed E-state index contributed by atoms with van der Waals surface area (Å²) >= 11 is 0. The number of aromatic nitrogens is 1. The Kier molecular flexibility index (Phi) is 5.16. The van der Waals surface area contributed by atoms with Crippen LogP contribution in [0.5, 0.6) is 0 Å². The third-order valence-electron chi connectivity index (χ3n) is 5.21. The maximum Gasteiger partial charge on any atom is 0.417 e. The molecule has 1 aliphatic rings. The van der Waals surface area contributed by atoms with Crippen molar-refractivity contribution in [2.24, 2.45) is 0 Å². The largest absolute Gasteiger partial charge is 0.417 e. The van der Waals surface area contributed by atoms with E-state index in [0.29, 0.717) is 30.6 Å². The Morgan fingerprint density at radius 3 is 2.81 bits per heavy atom. The van der Waals surface area contributed by atoms with Gasteiger partial charge in [-0.15, -0.1) is 0 Å². The highest BCUT2D eigenvalue weighted by atomic mass is 19.4. The SMILES string of the molecule is CCN(c1ccc(C#N)c(C(F)(F)F)c1)C1CCCC(O)(c2cnoc2)C1. The number of halogens is 3. The molecule has 0 amide bonds. The van der Waals surface area contributed by atoms with Crippen LogP contribution >= 0.6 is 0 Å². The molecule has 2 unspecified atom stereocenters. The van der Waals surface area contributed by atoms with Crippen molar-refractivity contribution < 1.29 is 22.8 Å². The van der Waals surface area contributed by atoms with Gasteiger partial charge in [0.15, 0.2) is 0 Å². The van der Waals surface area contributed by atoms with Crippen LogP contribution in [0.3, 0.4) is 0 Å². The normalized spacial score (nSPS) is 23.0. The van der Waals surface area contributed by atoms with Gasteiger partial charge in [0.2, 0.25) is 0 Å². The van der Waals surface area contributed by atoms with Crippen LogP contribution in [-0.2, 0) is 11.8 Å². The lowest BCUT2D eigenvalue weighted by molar-refractivity contribution is -0.137. The maximum atomic E-state index is 13.3. The second kappa shape index (κ2) is 7.24. The number of anilines is 1. The van der Waals surface area contributed by atoms with Gasteiger partial charge in [-0.1, -0.05) is 5.16 Å². The van der Waals surface area contributed by atoms with Gasteiger partial charge in [-0.2, -0.15) is 18.4 Å². The van der Waals surface area contributed by atoms with Crippen LogP contribution in [0.25, 0.3) is 0 Å². The summed E-state index contributed by atoms with van der Waals surface area (Å²) in [5, 5.41) is 23.6. The fourth-order valence-corrected chi connectivity index (χ4v) is 3.88. The van der Waals surface area contributed by atoms with Crippen molar-refractivity contribution in [3.8, 4) is 6.07 Å². The first kappa shape index (κ1) is 19.2. The molecule has 0 aliphatic heterocycles. The van der Waals surface area contributed by atoms with E-state index in [1.54, 1.807) is 6.07 Å². The van der Waals surface area contributed by atoms with Gasteiger partial charge in [-0.25, -0.2) is 0 Å². The van der Waals surface area contributed by atoms with E-state index in [2.05, 4.69) is 5.16 Å². The first-order valence-electron chi connectivity index (χ1n) is 8.78. The summed E-state index contributed by atoms with van der Waals surface area (Å²) in [6, 6.07) is 5.22. The van der Waals surface area contributed by atoms with E-state index in [1.807, 2.05) is 11.8 Å². The van der Waals surface area contributed by atoms with Crippen molar-refractivity contribution in [1.29, 1.82) is 5.26 Å². The van der Waals surface area contributed by atoms with Crippen LogP contribution < -0.4 is 4.90 Å². The van der Waals surface area contributed by atoms with Crippen LogP contribution in [0, 0.1) is 11.3 Å². The van der Waals surface area contributed by atoms with Crippen LogP contribution in [0.15, 0.2) is 35.2 Å². The second-order valence-electron chi connectivity index (χ2n) is 6.82. The molecular weight excluding hydrogens is 359 g/mol. The van der Waals surface area contributed by atoms with E-state index < -0.39 is 22.9 Å². The maximum absolute atomic E-state index is 13.3. The number of nitriles is 1. The fourth-order valence-electron chi connectivity index (χ4n) is 3.88. The first-order chi connectivity index (χ1) is 12.8. The summed E-state index contributed by atoms with van der Waals surface area (Å²) in [4.78, 5) is 1.86. The van der Waals surface area contributed by atoms with Gasteiger partial charge in [-0.05, 0) is 44.4 Å². The minimum absolute atomic E-state index is 0.141. The van der Waals surface area contributed by atoms with Crippen LogP contribution in [0.4, 0.5) is 18.9 Å². The number of hydrogen-bond donors (Lipinski definition) is 1. The van der Waals surface area contributed by atoms with E-state index in [4.69, 9.17) is 9.78 Å². The topological polar surface area (TPSA) is 73.3 Å². The van der Waals surface area contributed by atoms with Crippen molar-refractivity contribution in [3.05, 3.63) is 47.3 Å². The Morgan fingerprint density at radius 1 is 1.44 bits per heavy atom. The molecule has 2 aromatic rings. The van der Waals surface area contributed by atoms with Gasteiger partial charge in [0.05, 0.1) is 29.0 Å². The lowest BCUT2D eigenvalue weighted by Crippen LogP contribution is -2.44. The van der Waals surface area contributed by atoms with Gasteiger partial charge in [-0.3, -0.25) is 0 Å². The molecule has 1 fully saturated rings. The molecule has 1 aliphatic carbocycles. The number of benzene rings is 1. The Balaban J connectivity index is 1.92. The lowest BCUT2D eigenvalue weighted by Gasteiger charge is -2.42. The van der Waals surface area contributed by atoms with Crippen molar-refractivity contribution >= 4 is 5.69 Å². The van der Waals surface area contributed by atoms with Gasteiger partial charge >= 0.3 is 6.18 Å². The predicted molar refractivity (Wildman–Crippen MR) is 91.8 cm³/mol. The second-order valence-corrected chi connectivity index (χ2v) is 6.82. The van der Waals surface area contributed by atoms with E-state index >= 15 is 0 Å². The number of nitrogens with zero attached hydrogens (tertiary/aromatic N) is 3. The molecule has 3 rings (SSSR count). The highest BCUT2D eigenvalue weighted by molar-refractivity contribution is 5.55. The molecule has 27 heavy (non-hydrogen) atoms. The van der Waals surface area contributed by atoms with Gasteiger partial charge in [0, 0.05) is 30.3 Å². The number of aliphatic hydroxyl groups is 1. The van der Waals surface area contributed by atoms with Crippen molar-refractivity contribution in [3.63, 3.8) is 0 Å². The minimum Gasteiger partial charge on any atom is -0.385 e. The summed E-state index contributed by atoms with van der Waals surface area (Å²) in [5.74, 6) is 0. The van der Waals surface area contributed by atoms with E-state index in [9.17, 15) is 18.3 Å². The molecule has 1 saturated carbocycles. The number of hydrogen-bond acceptors (Lipinski definition) is 5. The van der Waals surface area contributed by atoms with E-state index in [1.165, 1.54) is 24.6 Å². The molecule has 2 atom stereocenters. The quantitative estimate of drug-likeness (QED) is 0.861. The third-order valence-corrected chi connectivity index (χ3v) is 5.21. The Morgan fingerprint density at radius 2 is 2.22 bits per heavy atom. The summed E-state index contributed by atoms with van der Waals surface area (Å²) in [6.07, 6.45) is 0.668. The minimum atomic E-state index is -4.60. The molecule has 0 spiro atoms. The molecule has 1 aromatic carbocycles. The summed E-state index contributed by atoms with van der Waals surface area (Å²) in [5.41, 5.74) is -1.48. The van der Waals surface area contributed by atoms with Crippen LogP contribution in [-0.4, -0.2) is 22.8 Å². The fraction of sp³-hybridized carbons (Fsp3) is 0.474. The Bertz CT molecular complexity index is 830. The summed E-state index contributed by atoms with van der Waals surface area (Å²) in [6.45, 7) is 2.34. The monoisotopic (exact) mass is 379 g/mol. The molecule has 1 heterocycles. The first-order valence-corrected chi connectivity index (χ1v) is 8.78. The summed E-state index contributed by atoms with van der Waals surface area (Å²) in [7, 11) is 0.